The zero-order valence-corrected chi connectivity index (χ0v) is 14.4. The van der Waals surface area contributed by atoms with E-state index in [1.54, 1.807) is 18.3 Å². The molecule has 1 aromatic carbocycles. The Morgan fingerprint density at radius 2 is 1.88 bits per heavy atom. The lowest BCUT2D eigenvalue weighted by Gasteiger charge is -2.12. The summed E-state index contributed by atoms with van der Waals surface area (Å²) in [5.41, 5.74) is 1.43. The highest BCUT2D eigenvalue weighted by Crippen LogP contribution is 2.10. The molecule has 0 aliphatic heterocycles. The molecule has 0 radical (unpaired) electrons. The number of benzene rings is 1. The first-order valence-corrected chi connectivity index (χ1v) is 8.78. The third-order valence-electron chi connectivity index (χ3n) is 3.90. The first kappa shape index (κ1) is 19.1. The van der Waals surface area contributed by atoms with Crippen molar-refractivity contribution < 1.29 is 14.6 Å². The van der Waals surface area contributed by atoms with Crippen LogP contribution in [0.1, 0.15) is 47.7 Å². The number of hydrogen-bond acceptors (Lipinski definition) is 5. The zero-order valence-electron chi connectivity index (χ0n) is 14.4. The first-order valence-electron chi connectivity index (χ1n) is 8.78. The van der Waals surface area contributed by atoms with Gasteiger partial charge in [-0.25, -0.2) is 4.79 Å². The van der Waals surface area contributed by atoms with Crippen LogP contribution in [0.2, 0.25) is 0 Å². The Hall–Kier alpha value is -2.24. The molecular formula is C20H26N2O3. The molecular weight excluding hydrogens is 316 g/mol. The molecule has 0 aliphatic carbocycles. The molecule has 0 spiro atoms. The van der Waals surface area contributed by atoms with Crippen molar-refractivity contribution in [3.63, 3.8) is 0 Å². The van der Waals surface area contributed by atoms with E-state index in [2.05, 4.69) is 10.3 Å². The van der Waals surface area contributed by atoms with Gasteiger partial charge in [0.15, 0.2) is 0 Å². The molecule has 1 aromatic heterocycles. The number of nitrogens with one attached hydrogen (secondary N) is 1. The molecule has 2 aromatic rings. The molecule has 0 saturated carbocycles. The molecule has 0 aliphatic rings. The number of aromatic nitrogens is 1. The van der Waals surface area contributed by atoms with Gasteiger partial charge in [-0.1, -0.05) is 43.2 Å². The maximum absolute atomic E-state index is 11.7. The monoisotopic (exact) mass is 342 g/mol. The molecule has 2 rings (SSSR count). The number of aliphatic hydroxyl groups excluding tert-OH is 1. The smallest absolute Gasteiger partial charge is 0.339 e. The molecule has 134 valence electrons. The molecule has 1 atom stereocenters. The molecule has 1 unspecified atom stereocenters. The standard InChI is InChI=1S/C20H26N2O3/c23-19(17-9-4-3-5-10-17)16-22-12-6-1-2-7-14-25-20(24)18-11-8-13-21-15-18/h3-5,8-11,13,15,19,22-23H,1-2,6-7,12,14,16H2. The molecule has 2 N–H and O–H groups in total. The molecule has 0 fully saturated rings. The molecule has 0 saturated heterocycles. The lowest BCUT2D eigenvalue weighted by molar-refractivity contribution is 0.0497. The van der Waals surface area contributed by atoms with Crippen LogP contribution in [0.25, 0.3) is 0 Å². The predicted octanol–water partition coefficient (Wildman–Crippen LogP) is 3.12. The van der Waals surface area contributed by atoms with Crippen molar-refractivity contribution in [3.8, 4) is 0 Å². The maximum Gasteiger partial charge on any atom is 0.339 e. The number of hydrogen-bond donors (Lipinski definition) is 2. The van der Waals surface area contributed by atoms with Crippen molar-refractivity contribution >= 4 is 5.97 Å². The van der Waals surface area contributed by atoms with Gasteiger partial charge in [0.25, 0.3) is 0 Å². The largest absolute Gasteiger partial charge is 0.462 e. The molecule has 0 bridgehead atoms. The van der Waals surface area contributed by atoms with E-state index in [-0.39, 0.29) is 5.97 Å². The second-order valence-electron chi connectivity index (χ2n) is 5.92. The minimum Gasteiger partial charge on any atom is -0.462 e. The number of carbonyl (C=O) groups excluding carboxylic acids is 1. The Kier molecular flexibility index (Phi) is 8.66. The summed E-state index contributed by atoms with van der Waals surface area (Å²) in [4.78, 5) is 15.6. The molecule has 0 amide bonds. The van der Waals surface area contributed by atoms with E-state index in [0.29, 0.717) is 18.7 Å². The molecule has 1 heterocycles. The van der Waals surface area contributed by atoms with Gasteiger partial charge in [-0.15, -0.1) is 0 Å². The highest BCUT2D eigenvalue weighted by Gasteiger charge is 2.06. The van der Waals surface area contributed by atoms with Crippen LogP contribution >= 0.6 is 0 Å². The third-order valence-corrected chi connectivity index (χ3v) is 3.90. The Morgan fingerprint density at radius 1 is 1.08 bits per heavy atom. The summed E-state index contributed by atoms with van der Waals surface area (Å²) in [5, 5.41) is 13.3. The van der Waals surface area contributed by atoms with E-state index in [9.17, 15) is 9.90 Å². The molecule has 5 heteroatoms. The highest BCUT2D eigenvalue weighted by atomic mass is 16.5. The first-order chi connectivity index (χ1) is 12.3. The van der Waals surface area contributed by atoms with Crippen molar-refractivity contribution in [1.29, 1.82) is 0 Å². The average Bonchev–Trinajstić information content (AvgIpc) is 2.67. The lowest BCUT2D eigenvalue weighted by Crippen LogP contribution is -2.22. The van der Waals surface area contributed by atoms with Crippen molar-refractivity contribution in [3.05, 3.63) is 66.0 Å². The van der Waals surface area contributed by atoms with Gasteiger partial charge < -0.3 is 15.2 Å². The summed E-state index contributed by atoms with van der Waals surface area (Å²) in [6.07, 6.45) is 6.66. The van der Waals surface area contributed by atoms with E-state index in [0.717, 1.165) is 37.8 Å². The number of rotatable bonds is 11. The number of aliphatic hydroxyl groups is 1. The topological polar surface area (TPSA) is 71.5 Å². The Labute approximate surface area is 149 Å². The normalized spacial score (nSPS) is 11.9. The van der Waals surface area contributed by atoms with Crippen LogP contribution in [0, 0.1) is 0 Å². The SMILES string of the molecule is O=C(OCCCCCCNCC(O)c1ccccc1)c1cccnc1. The van der Waals surface area contributed by atoms with Crippen LogP contribution in [-0.4, -0.2) is 35.8 Å². The highest BCUT2D eigenvalue weighted by molar-refractivity contribution is 5.88. The van der Waals surface area contributed by atoms with E-state index >= 15 is 0 Å². The van der Waals surface area contributed by atoms with Gasteiger partial charge in [-0.3, -0.25) is 4.98 Å². The fourth-order valence-corrected chi connectivity index (χ4v) is 2.47. The van der Waals surface area contributed by atoms with Crippen LogP contribution in [0.4, 0.5) is 0 Å². The third kappa shape index (κ3) is 7.45. The summed E-state index contributed by atoms with van der Waals surface area (Å²) in [5.74, 6) is -0.315. The average molecular weight is 342 g/mol. The maximum atomic E-state index is 11.7. The number of unbranched alkanes of at least 4 members (excludes halogenated alkanes) is 3. The number of pyridine rings is 1. The summed E-state index contributed by atoms with van der Waals surface area (Å²) in [7, 11) is 0. The van der Waals surface area contributed by atoms with Crippen LogP contribution in [0.5, 0.6) is 0 Å². The summed E-state index contributed by atoms with van der Waals surface area (Å²) in [6, 6.07) is 13.1. The minimum atomic E-state index is -0.465. The Bertz CT molecular complexity index is 605. The van der Waals surface area contributed by atoms with E-state index in [4.69, 9.17) is 4.74 Å². The fraction of sp³-hybridized carbons (Fsp3) is 0.400. The van der Waals surface area contributed by atoms with Gasteiger partial charge in [0.1, 0.15) is 0 Å². The fourth-order valence-electron chi connectivity index (χ4n) is 2.47. The number of nitrogens with zero attached hydrogens (tertiary/aromatic N) is 1. The van der Waals surface area contributed by atoms with Gasteiger partial charge in [0, 0.05) is 18.9 Å². The Morgan fingerprint density at radius 3 is 2.64 bits per heavy atom. The van der Waals surface area contributed by atoms with Crippen LogP contribution in [0.3, 0.4) is 0 Å². The molecule has 5 nitrogen and oxygen atoms in total. The molecule has 25 heavy (non-hydrogen) atoms. The van der Waals surface area contributed by atoms with Crippen LogP contribution in [-0.2, 0) is 4.74 Å². The van der Waals surface area contributed by atoms with Crippen molar-refractivity contribution in [2.24, 2.45) is 0 Å². The van der Waals surface area contributed by atoms with E-state index in [1.807, 2.05) is 30.3 Å². The van der Waals surface area contributed by atoms with E-state index < -0.39 is 6.10 Å². The summed E-state index contributed by atoms with van der Waals surface area (Å²) >= 11 is 0. The number of ether oxygens (including phenoxy) is 1. The Balaban J connectivity index is 1.44. The van der Waals surface area contributed by atoms with E-state index in [1.165, 1.54) is 6.20 Å². The van der Waals surface area contributed by atoms with Crippen LogP contribution in [0.15, 0.2) is 54.9 Å². The predicted molar refractivity (Wildman–Crippen MR) is 97.3 cm³/mol. The van der Waals surface area contributed by atoms with Gasteiger partial charge in [-0.05, 0) is 37.1 Å². The lowest BCUT2D eigenvalue weighted by atomic mass is 10.1. The van der Waals surface area contributed by atoms with Gasteiger partial charge in [-0.2, -0.15) is 0 Å². The number of carbonyl (C=O) groups is 1. The van der Waals surface area contributed by atoms with Gasteiger partial charge in [0.2, 0.25) is 0 Å². The summed E-state index contributed by atoms with van der Waals surface area (Å²) in [6.45, 7) is 1.87. The second-order valence-corrected chi connectivity index (χ2v) is 5.92. The van der Waals surface area contributed by atoms with Crippen LogP contribution < -0.4 is 5.32 Å². The van der Waals surface area contributed by atoms with Crippen molar-refractivity contribution in [1.82, 2.24) is 10.3 Å². The minimum absolute atomic E-state index is 0.315. The zero-order chi connectivity index (χ0) is 17.7. The van der Waals surface area contributed by atoms with Gasteiger partial charge in [0.05, 0.1) is 18.3 Å². The number of esters is 1. The quantitative estimate of drug-likeness (QED) is 0.485. The van der Waals surface area contributed by atoms with Crippen molar-refractivity contribution in [2.75, 3.05) is 19.7 Å². The van der Waals surface area contributed by atoms with Gasteiger partial charge >= 0.3 is 5.97 Å². The van der Waals surface area contributed by atoms with Crippen molar-refractivity contribution in [2.45, 2.75) is 31.8 Å². The summed E-state index contributed by atoms with van der Waals surface area (Å²) < 4.78 is 5.21. The second kappa shape index (κ2) is 11.3.